The lowest BCUT2D eigenvalue weighted by Crippen LogP contribution is -2.29. The fraction of sp³-hybridized carbons (Fsp3) is 0.391. The van der Waals surface area contributed by atoms with E-state index in [4.69, 9.17) is 0 Å². The summed E-state index contributed by atoms with van der Waals surface area (Å²) >= 11 is 0. The van der Waals surface area contributed by atoms with Crippen LogP contribution in [0.15, 0.2) is 54.6 Å². The van der Waals surface area contributed by atoms with Crippen molar-refractivity contribution in [3.63, 3.8) is 0 Å². The largest absolute Gasteiger partial charge is 0.372 e. The summed E-state index contributed by atoms with van der Waals surface area (Å²) in [4.78, 5) is 28.5. The Bertz CT molecular complexity index is 768. The number of para-hydroxylation sites is 1. The minimum atomic E-state index is -0.0547. The monoisotopic (exact) mass is 379 g/mol. The van der Waals surface area contributed by atoms with Gasteiger partial charge in [-0.05, 0) is 62.1 Å². The Hall–Kier alpha value is -2.82. The van der Waals surface area contributed by atoms with Gasteiger partial charge in [0.15, 0.2) is 0 Å². The third kappa shape index (κ3) is 5.59. The van der Waals surface area contributed by atoms with Crippen molar-refractivity contribution in [2.75, 3.05) is 35.3 Å². The van der Waals surface area contributed by atoms with Gasteiger partial charge in [-0.15, -0.1) is 0 Å². The average molecular weight is 380 g/mol. The van der Waals surface area contributed by atoms with Crippen LogP contribution < -0.4 is 15.1 Å². The molecular weight excluding hydrogens is 350 g/mol. The predicted molar refractivity (Wildman–Crippen MR) is 115 cm³/mol. The lowest BCUT2D eigenvalue weighted by atomic mass is 10.1. The van der Waals surface area contributed by atoms with Gasteiger partial charge in [-0.1, -0.05) is 18.2 Å². The molecule has 1 aliphatic heterocycles. The highest BCUT2D eigenvalue weighted by Crippen LogP contribution is 2.22. The van der Waals surface area contributed by atoms with Gasteiger partial charge < -0.3 is 15.1 Å². The van der Waals surface area contributed by atoms with E-state index in [2.05, 4.69) is 22.3 Å². The molecule has 1 aliphatic rings. The van der Waals surface area contributed by atoms with Gasteiger partial charge in [0.1, 0.15) is 0 Å². The summed E-state index contributed by atoms with van der Waals surface area (Å²) in [6.07, 6.45) is 5.03. The first-order valence-corrected chi connectivity index (χ1v) is 10.1. The smallest absolute Gasteiger partial charge is 0.226 e. The number of hydrogen-bond donors (Lipinski definition) is 1. The van der Waals surface area contributed by atoms with E-state index >= 15 is 0 Å². The molecule has 0 unspecified atom stereocenters. The summed E-state index contributed by atoms with van der Waals surface area (Å²) in [5.74, 6) is -0.0363. The Morgan fingerprint density at radius 3 is 2.29 bits per heavy atom. The molecule has 0 saturated carbocycles. The summed E-state index contributed by atoms with van der Waals surface area (Å²) < 4.78 is 0. The normalized spacial score (nSPS) is 13.8. The van der Waals surface area contributed by atoms with Gasteiger partial charge >= 0.3 is 0 Å². The fourth-order valence-corrected chi connectivity index (χ4v) is 3.49. The molecule has 148 valence electrons. The molecule has 3 rings (SSSR count). The second-order valence-corrected chi connectivity index (χ2v) is 7.28. The molecule has 1 fully saturated rings. The minimum absolute atomic E-state index is 0.0184. The highest BCUT2D eigenvalue weighted by molar-refractivity contribution is 5.94. The molecule has 0 aromatic heterocycles. The molecule has 0 aliphatic carbocycles. The highest BCUT2D eigenvalue weighted by Gasteiger charge is 2.13. The summed E-state index contributed by atoms with van der Waals surface area (Å²) in [6, 6.07) is 17.6. The van der Waals surface area contributed by atoms with Crippen LogP contribution in [-0.4, -0.2) is 32.0 Å². The number of carbonyl (C=O) groups is 2. The Morgan fingerprint density at radius 2 is 1.61 bits per heavy atom. The Morgan fingerprint density at radius 1 is 0.929 bits per heavy atom. The molecule has 5 heteroatoms. The van der Waals surface area contributed by atoms with E-state index < -0.39 is 0 Å². The van der Waals surface area contributed by atoms with Crippen molar-refractivity contribution < 1.29 is 9.59 Å². The summed E-state index contributed by atoms with van der Waals surface area (Å²) in [5, 5.41) is 2.92. The second kappa shape index (κ2) is 9.93. The van der Waals surface area contributed by atoms with E-state index in [0.29, 0.717) is 19.3 Å². The molecule has 2 amide bonds. The maximum absolute atomic E-state index is 12.3. The third-order valence-electron chi connectivity index (χ3n) is 5.18. The molecule has 0 spiro atoms. The van der Waals surface area contributed by atoms with E-state index in [9.17, 15) is 9.59 Å². The lowest BCUT2D eigenvalue weighted by Gasteiger charge is -2.28. The van der Waals surface area contributed by atoms with E-state index in [0.717, 1.165) is 24.5 Å². The van der Waals surface area contributed by atoms with Crippen LogP contribution in [0.1, 0.15) is 38.5 Å². The molecule has 5 nitrogen and oxygen atoms in total. The number of benzene rings is 2. The fourth-order valence-electron chi connectivity index (χ4n) is 3.49. The number of anilines is 3. The molecule has 0 bridgehead atoms. The summed E-state index contributed by atoms with van der Waals surface area (Å²) in [6.45, 7) is 2.22. The van der Waals surface area contributed by atoms with Gasteiger partial charge in [0.05, 0.1) is 0 Å². The molecule has 1 saturated heterocycles. The van der Waals surface area contributed by atoms with E-state index in [-0.39, 0.29) is 11.8 Å². The second-order valence-electron chi connectivity index (χ2n) is 7.28. The van der Waals surface area contributed by atoms with Crippen molar-refractivity contribution in [1.82, 2.24) is 0 Å². The van der Waals surface area contributed by atoms with Crippen LogP contribution in [0.25, 0.3) is 0 Å². The molecule has 2 aromatic carbocycles. The first-order valence-electron chi connectivity index (χ1n) is 10.1. The topological polar surface area (TPSA) is 52.7 Å². The standard InChI is InChI=1S/C23H29N3O2/c1-25(20-9-4-2-5-10-20)23(28)12-8-11-22(27)24-19-13-15-21(16-14-19)26-17-6-3-7-18-26/h2,4-5,9-10,13-16H,3,6-8,11-12,17-18H2,1H3,(H,24,27). The van der Waals surface area contributed by atoms with Gasteiger partial charge in [0.25, 0.3) is 0 Å². The first-order chi connectivity index (χ1) is 13.6. The average Bonchev–Trinajstić information content (AvgIpc) is 2.75. The number of hydrogen-bond acceptors (Lipinski definition) is 3. The van der Waals surface area contributed by atoms with Gasteiger partial charge in [-0.3, -0.25) is 9.59 Å². The molecule has 1 N–H and O–H groups in total. The van der Waals surface area contributed by atoms with Crippen molar-refractivity contribution in [3.8, 4) is 0 Å². The molecule has 2 aromatic rings. The molecule has 28 heavy (non-hydrogen) atoms. The number of nitrogens with one attached hydrogen (secondary N) is 1. The van der Waals surface area contributed by atoms with Crippen molar-refractivity contribution in [2.24, 2.45) is 0 Å². The van der Waals surface area contributed by atoms with Crippen LogP contribution in [0.4, 0.5) is 17.1 Å². The minimum Gasteiger partial charge on any atom is -0.372 e. The highest BCUT2D eigenvalue weighted by atomic mass is 16.2. The first kappa shape index (κ1) is 19.9. The number of nitrogens with zero attached hydrogens (tertiary/aromatic N) is 2. The van der Waals surface area contributed by atoms with Crippen LogP contribution in [0.3, 0.4) is 0 Å². The summed E-state index contributed by atoms with van der Waals surface area (Å²) in [7, 11) is 1.77. The third-order valence-corrected chi connectivity index (χ3v) is 5.18. The zero-order valence-corrected chi connectivity index (χ0v) is 16.6. The maximum atomic E-state index is 12.3. The summed E-state index contributed by atoms with van der Waals surface area (Å²) in [5.41, 5.74) is 2.89. The van der Waals surface area contributed by atoms with Gasteiger partial charge in [-0.2, -0.15) is 0 Å². The quantitative estimate of drug-likeness (QED) is 0.773. The number of carbonyl (C=O) groups excluding carboxylic acids is 2. The number of amides is 2. The van der Waals surface area contributed by atoms with Crippen molar-refractivity contribution >= 4 is 28.9 Å². The SMILES string of the molecule is CN(C(=O)CCCC(=O)Nc1ccc(N2CCCCC2)cc1)c1ccccc1. The van der Waals surface area contributed by atoms with E-state index in [1.54, 1.807) is 11.9 Å². The zero-order chi connectivity index (χ0) is 19.8. The van der Waals surface area contributed by atoms with Crippen LogP contribution >= 0.6 is 0 Å². The molecule has 0 atom stereocenters. The lowest BCUT2D eigenvalue weighted by molar-refractivity contribution is -0.118. The van der Waals surface area contributed by atoms with Crippen molar-refractivity contribution in [1.29, 1.82) is 0 Å². The van der Waals surface area contributed by atoms with E-state index in [1.807, 2.05) is 42.5 Å². The number of piperidine rings is 1. The van der Waals surface area contributed by atoms with Crippen LogP contribution in [0, 0.1) is 0 Å². The van der Waals surface area contributed by atoms with Gasteiger partial charge in [0, 0.05) is 50.0 Å². The Kier molecular flexibility index (Phi) is 7.06. The van der Waals surface area contributed by atoms with Crippen LogP contribution in [0.5, 0.6) is 0 Å². The van der Waals surface area contributed by atoms with Crippen LogP contribution in [0.2, 0.25) is 0 Å². The Labute approximate surface area is 167 Å². The van der Waals surface area contributed by atoms with Crippen molar-refractivity contribution in [2.45, 2.75) is 38.5 Å². The Balaban J connectivity index is 1.41. The van der Waals surface area contributed by atoms with Crippen LogP contribution in [-0.2, 0) is 9.59 Å². The molecule has 0 radical (unpaired) electrons. The van der Waals surface area contributed by atoms with Gasteiger partial charge in [0.2, 0.25) is 11.8 Å². The van der Waals surface area contributed by atoms with E-state index in [1.165, 1.54) is 24.9 Å². The zero-order valence-electron chi connectivity index (χ0n) is 16.6. The molecular formula is C23H29N3O2. The number of rotatable bonds is 7. The molecule has 1 heterocycles. The maximum Gasteiger partial charge on any atom is 0.226 e. The van der Waals surface area contributed by atoms with Gasteiger partial charge in [-0.25, -0.2) is 0 Å². The van der Waals surface area contributed by atoms with Crippen molar-refractivity contribution in [3.05, 3.63) is 54.6 Å². The predicted octanol–water partition coefficient (Wildman–Crippen LogP) is 4.45.